The van der Waals surface area contributed by atoms with Gasteiger partial charge in [0.2, 0.25) is 0 Å². The van der Waals surface area contributed by atoms with Gasteiger partial charge in [0.05, 0.1) is 0 Å². The van der Waals surface area contributed by atoms with E-state index in [1.165, 1.54) is 161 Å². The van der Waals surface area contributed by atoms with Gasteiger partial charge in [0.25, 0.3) is 0 Å². The number of allylic oxidation sites excluding steroid dienone is 16. The summed E-state index contributed by atoms with van der Waals surface area (Å²) in [6.45, 7) is 6.48. The van der Waals surface area contributed by atoms with Crippen molar-refractivity contribution in [2.45, 2.75) is 316 Å². The lowest BCUT2D eigenvalue weighted by atomic mass is 10.0. The SMILES string of the molecule is CC/C=C\C/C=C\C/C=C\C/C=C\C/C=C\C/C=C\CCCCCCCCCCCCCCCCC(=O)OCC(COC(=O)CCCCCCCCC)OC(=O)CCCCCCCCC/C=C\C/C=C\CCCCCC. The molecule has 6 nitrogen and oxygen atoms in total. The summed E-state index contributed by atoms with van der Waals surface area (Å²) in [5, 5.41) is 0. The van der Waals surface area contributed by atoms with Gasteiger partial charge < -0.3 is 14.2 Å². The summed E-state index contributed by atoms with van der Waals surface area (Å²) in [5.74, 6) is -0.884. The molecule has 0 aliphatic carbocycles. The lowest BCUT2D eigenvalue weighted by Crippen LogP contribution is -2.30. The highest BCUT2D eigenvalue weighted by Gasteiger charge is 2.19. The van der Waals surface area contributed by atoms with Gasteiger partial charge in [-0.1, -0.05) is 285 Å². The minimum absolute atomic E-state index is 0.0777. The van der Waals surface area contributed by atoms with Gasteiger partial charge in [-0.2, -0.15) is 0 Å². The average molecular weight is 1060 g/mol. The van der Waals surface area contributed by atoms with Crippen LogP contribution in [0.25, 0.3) is 0 Å². The van der Waals surface area contributed by atoms with E-state index in [-0.39, 0.29) is 31.1 Å². The van der Waals surface area contributed by atoms with Crippen LogP contribution in [0, 0.1) is 0 Å². The first kappa shape index (κ1) is 72.3. The fourth-order valence-corrected chi connectivity index (χ4v) is 9.01. The highest BCUT2D eigenvalue weighted by molar-refractivity contribution is 5.71. The molecule has 0 saturated heterocycles. The van der Waals surface area contributed by atoms with Crippen LogP contribution in [-0.4, -0.2) is 37.2 Å². The van der Waals surface area contributed by atoms with Crippen molar-refractivity contribution in [3.05, 3.63) is 97.2 Å². The number of unbranched alkanes of at least 4 members (excludes halogenated alkanes) is 31. The Morgan fingerprint density at radius 3 is 0.816 bits per heavy atom. The molecule has 0 bridgehead atoms. The van der Waals surface area contributed by atoms with Crippen LogP contribution in [0.1, 0.15) is 310 Å². The van der Waals surface area contributed by atoms with Crippen LogP contribution in [0.2, 0.25) is 0 Å². The van der Waals surface area contributed by atoms with Gasteiger partial charge in [-0.15, -0.1) is 0 Å². The molecule has 1 unspecified atom stereocenters. The van der Waals surface area contributed by atoms with Gasteiger partial charge >= 0.3 is 17.9 Å². The Kier molecular flexibility index (Phi) is 60.8. The number of carbonyl (C=O) groups excluding carboxylic acids is 3. The lowest BCUT2D eigenvalue weighted by molar-refractivity contribution is -0.167. The van der Waals surface area contributed by atoms with Gasteiger partial charge in [-0.3, -0.25) is 14.4 Å². The van der Waals surface area contributed by atoms with Gasteiger partial charge in [-0.05, 0) is 103 Å². The summed E-state index contributed by atoms with van der Waals surface area (Å²) < 4.78 is 16.8. The molecule has 436 valence electrons. The Hall–Kier alpha value is -3.67. The molecular formula is C70H120O6. The topological polar surface area (TPSA) is 78.9 Å². The molecule has 0 aromatic rings. The standard InChI is InChI=1S/C70H120O6/c1-4-7-10-13-16-18-20-22-24-26-28-29-30-31-32-33-34-35-36-37-38-39-40-41-42-44-45-47-49-51-54-57-60-63-69(72)75-66-67(65-74-68(71)62-59-56-53-15-12-9-6-3)76-70(73)64-61-58-55-52-50-48-46-43-27-25-23-21-19-17-14-11-8-5-2/h7,10,16,18-19,21-22,24-25,27-29,31-32,34-35,67H,4-6,8-9,11-15,17,20,23,26,30,33,36-66H2,1-3H3/b10-7-,18-16-,21-19-,24-22-,27-25-,29-28-,32-31-,35-34-. The number of carbonyl (C=O) groups is 3. The van der Waals surface area contributed by atoms with Crippen LogP contribution >= 0.6 is 0 Å². The van der Waals surface area contributed by atoms with E-state index in [2.05, 4.69) is 118 Å². The number of rotatable bonds is 58. The Morgan fingerprint density at radius 1 is 0.276 bits per heavy atom. The molecule has 0 saturated carbocycles. The molecule has 0 amide bonds. The van der Waals surface area contributed by atoms with Crippen LogP contribution in [0.4, 0.5) is 0 Å². The van der Waals surface area contributed by atoms with Crippen LogP contribution in [0.5, 0.6) is 0 Å². The molecule has 0 aromatic carbocycles. The highest BCUT2D eigenvalue weighted by atomic mass is 16.6. The monoisotopic (exact) mass is 1060 g/mol. The summed E-state index contributed by atoms with van der Waals surface area (Å²) >= 11 is 0. The summed E-state index contributed by atoms with van der Waals surface area (Å²) in [7, 11) is 0. The Labute approximate surface area is 470 Å². The second-order valence-corrected chi connectivity index (χ2v) is 21.3. The van der Waals surface area contributed by atoms with Crippen LogP contribution in [0.15, 0.2) is 97.2 Å². The molecule has 76 heavy (non-hydrogen) atoms. The normalized spacial score (nSPS) is 12.7. The molecule has 0 heterocycles. The smallest absolute Gasteiger partial charge is 0.306 e. The fraction of sp³-hybridized carbons (Fsp3) is 0.729. The average Bonchev–Trinajstić information content (AvgIpc) is 3.42. The van der Waals surface area contributed by atoms with Crippen molar-refractivity contribution < 1.29 is 28.6 Å². The van der Waals surface area contributed by atoms with Crippen molar-refractivity contribution >= 4 is 17.9 Å². The number of esters is 3. The predicted molar refractivity (Wildman–Crippen MR) is 330 cm³/mol. The maximum absolute atomic E-state index is 12.8. The molecule has 6 heteroatoms. The molecule has 0 N–H and O–H groups in total. The van der Waals surface area contributed by atoms with E-state index in [9.17, 15) is 14.4 Å². The highest BCUT2D eigenvalue weighted by Crippen LogP contribution is 2.16. The first-order valence-electron chi connectivity index (χ1n) is 32.2. The molecule has 0 radical (unpaired) electrons. The fourth-order valence-electron chi connectivity index (χ4n) is 9.01. The van der Waals surface area contributed by atoms with Crippen molar-refractivity contribution in [2.24, 2.45) is 0 Å². The molecule has 0 spiro atoms. The van der Waals surface area contributed by atoms with Crippen LogP contribution < -0.4 is 0 Å². The Bertz CT molecular complexity index is 1490. The van der Waals surface area contributed by atoms with E-state index in [4.69, 9.17) is 14.2 Å². The molecular weight excluding hydrogens is 937 g/mol. The quantitative estimate of drug-likeness (QED) is 0.0261. The first-order chi connectivity index (χ1) is 37.5. The minimum Gasteiger partial charge on any atom is -0.462 e. The van der Waals surface area contributed by atoms with Gasteiger partial charge in [0.1, 0.15) is 13.2 Å². The second-order valence-electron chi connectivity index (χ2n) is 21.3. The summed E-state index contributed by atoms with van der Waals surface area (Å²) in [6, 6.07) is 0. The first-order valence-corrected chi connectivity index (χ1v) is 32.2. The maximum atomic E-state index is 12.8. The zero-order valence-corrected chi connectivity index (χ0v) is 50.0. The van der Waals surface area contributed by atoms with E-state index in [0.29, 0.717) is 19.3 Å². The van der Waals surface area contributed by atoms with Crippen molar-refractivity contribution in [3.63, 3.8) is 0 Å². The van der Waals surface area contributed by atoms with E-state index in [1.54, 1.807) is 0 Å². The summed E-state index contributed by atoms with van der Waals surface area (Å²) in [5.41, 5.74) is 0. The van der Waals surface area contributed by atoms with E-state index in [0.717, 1.165) is 109 Å². The predicted octanol–water partition coefficient (Wildman–Crippen LogP) is 22.0. The number of hydrogen-bond acceptors (Lipinski definition) is 6. The van der Waals surface area contributed by atoms with Crippen molar-refractivity contribution in [1.82, 2.24) is 0 Å². The Balaban J connectivity index is 4.07. The maximum Gasteiger partial charge on any atom is 0.306 e. The number of ether oxygens (including phenoxy) is 3. The Morgan fingerprint density at radius 2 is 0.513 bits per heavy atom. The third-order valence-corrected chi connectivity index (χ3v) is 13.8. The van der Waals surface area contributed by atoms with Crippen LogP contribution in [0.3, 0.4) is 0 Å². The van der Waals surface area contributed by atoms with E-state index in [1.807, 2.05) is 0 Å². The van der Waals surface area contributed by atoms with Gasteiger partial charge in [0, 0.05) is 19.3 Å². The molecule has 1 atom stereocenters. The molecule has 0 aliphatic heterocycles. The number of hydrogen-bond donors (Lipinski definition) is 0. The van der Waals surface area contributed by atoms with Gasteiger partial charge in [0.15, 0.2) is 6.10 Å². The summed E-state index contributed by atoms with van der Waals surface area (Å²) in [6.07, 6.45) is 85.9. The van der Waals surface area contributed by atoms with Crippen LogP contribution in [-0.2, 0) is 28.6 Å². The second kappa shape index (κ2) is 63.9. The zero-order valence-electron chi connectivity index (χ0n) is 50.0. The molecule has 0 rings (SSSR count). The minimum atomic E-state index is -0.778. The third kappa shape index (κ3) is 61.2. The molecule has 0 aliphatic rings. The summed E-state index contributed by atoms with van der Waals surface area (Å²) in [4.78, 5) is 38.1. The van der Waals surface area contributed by atoms with Crippen molar-refractivity contribution in [3.8, 4) is 0 Å². The van der Waals surface area contributed by atoms with E-state index >= 15 is 0 Å². The van der Waals surface area contributed by atoms with E-state index < -0.39 is 6.10 Å². The lowest BCUT2D eigenvalue weighted by Gasteiger charge is -2.18. The van der Waals surface area contributed by atoms with Gasteiger partial charge in [-0.25, -0.2) is 0 Å². The van der Waals surface area contributed by atoms with Crippen molar-refractivity contribution in [2.75, 3.05) is 13.2 Å². The zero-order chi connectivity index (χ0) is 55.0. The molecule has 0 aromatic heterocycles. The molecule has 0 fully saturated rings. The van der Waals surface area contributed by atoms with Crippen molar-refractivity contribution in [1.29, 1.82) is 0 Å². The third-order valence-electron chi connectivity index (χ3n) is 13.8. The largest absolute Gasteiger partial charge is 0.462 e.